The van der Waals surface area contributed by atoms with Gasteiger partial charge in [-0.15, -0.1) is 11.3 Å². The van der Waals surface area contributed by atoms with Crippen LogP contribution in [0.1, 0.15) is 5.56 Å². The summed E-state index contributed by atoms with van der Waals surface area (Å²) in [7, 11) is 0. The van der Waals surface area contributed by atoms with E-state index < -0.39 is 16.4 Å². The van der Waals surface area contributed by atoms with Gasteiger partial charge in [-0.25, -0.2) is 4.98 Å². The van der Waals surface area contributed by atoms with E-state index >= 15 is 0 Å². The Hall–Kier alpha value is -2.55. The highest BCUT2D eigenvalue weighted by molar-refractivity contribution is 7.14. The predicted octanol–water partition coefficient (Wildman–Crippen LogP) is 2.22. The molecule has 3 N–H and O–H groups in total. The topological polar surface area (TPSA) is 106 Å². The summed E-state index contributed by atoms with van der Waals surface area (Å²) in [5.41, 5.74) is 7.85. The highest BCUT2D eigenvalue weighted by Gasteiger charge is 2.12. The molecule has 0 unspecified atom stereocenters. The van der Waals surface area contributed by atoms with Crippen LogP contribution in [0.25, 0.3) is 0 Å². The molecule has 0 aliphatic heterocycles. The first-order chi connectivity index (χ1) is 9.06. The largest absolute Gasteiger partial charge is 0.383 e. The summed E-state index contributed by atoms with van der Waals surface area (Å²) in [5.74, 6) is -0.531. The third-order valence-corrected chi connectivity index (χ3v) is 2.83. The van der Waals surface area contributed by atoms with Gasteiger partial charge in [0.25, 0.3) is 0 Å². The number of nitrogen functional groups attached to an aromatic ring is 1. The molecule has 0 fully saturated rings. The second kappa shape index (κ2) is 5.40. The number of anilines is 2. The van der Waals surface area contributed by atoms with E-state index in [1.165, 1.54) is 23.6 Å². The molecular weight excluding hydrogens is 273 g/mol. The molecule has 0 aliphatic rings. The number of thiazole rings is 1. The van der Waals surface area contributed by atoms with E-state index in [4.69, 9.17) is 5.73 Å². The van der Waals surface area contributed by atoms with E-state index in [0.717, 1.165) is 12.1 Å². The van der Waals surface area contributed by atoms with Crippen molar-refractivity contribution >= 4 is 34.2 Å². The fourth-order valence-corrected chi connectivity index (χ4v) is 1.80. The Morgan fingerprint density at radius 1 is 1.58 bits per heavy atom. The van der Waals surface area contributed by atoms with E-state index in [1.807, 2.05) is 0 Å². The molecule has 7 nitrogen and oxygen atoms in total. The minimum Gasteiger partial charge on any atom is -0.383 e. The van der Waals surface area contributed by atoms with Gasteiger partial charge in [0.1, 0.15) is 5.82 Å². The van der Waals surface area contributed by atoms with E-state index in [2.05, 4.69) is 15.5 Å². The van der Waals surface area contributed by atoms with Crippen molar-refractivity contribution in [2.24, 2.45) is 5.10 Å². The summed E-state index contributed by atoms with van der Waals surface area (Å²) in [4.78, 5) is 13.6. The molecule has 1 aromatic heterocycles. The maximum Gasteiger partial charge on any atom is 0.304 e. The van der Waals surface area contributed by atoms with Gasteiger partial charge in [-0.1, -0.05) is 0 Å². The number of hydrazone groups is 1. The minimum absolute atomic E-state index is 0.379. The van der Waals surface area contributed by atoms with Gasteiger partial charge >= 0.3 is 5.69 Å². The van der Waals surface area contributed by atoms with Gasteiger partial charge in [0.15, 0.2) is 0 Å². The number of aromatic nitrogens is 1. The number of nitro benzene ring substituents is 1. The number of hydrogen-bond donors (Lipinski definition) is 2. The van der Waals surface area contributed by atoms with Gasteiger partial charge < -0.3 is 5.73 Å². The summed E-state index contributed by atoms with van der Waals surface area (Å²) in [6.45, 7) is 0. The first kappa shape index (κ1) is 12.9. The Labute approximate surface area is 110 Å². The molecule has 0 radical (unpaired) electrons. The van der Waals surface area contributed by atoms with E-state index in [1.54, 1.807) is 5.38 Å². The lowest BCUT2D eigenvalue weighted by molar-refractivity contribution is -0.387. The molecule has 98 valence electrons. The summed E-state index contributed by atoms with van der Waals surface area (Å²) in [6, 6.07) is 3.50. The number of nitrogens with zero attached hydrogens (tertiary/aromatic N) is 3. The Morgan fingerprint density at radius 2 is 2.37 bits per heavy atom. The van der Waals surface area contributed by atoms with Crippen LogP contribution in [0, 0.1) is 15.9 Å². The zero-order valence-electron chi connectivity index (χ0n) is 9.41. The number of hydrogen-bond acceptors (Lipinski definition) is 7. The van der Waals surface area contributed by atoms with Crippen LogP contribution in [0.15, 0.2) is 28.7 Å². The molecule has 0 saturated carbocycles. The average Bonchev–Trinajstić information content (AvgIpc) is 2.75. The van der Waals surface area contributed by atoms with Crippen LogP contribution in [-0.2, 0) is 0 Å². The van der Waals surface area contributed by atoms with Crippen molar-refractivity contribution in [3.05, 3.63) is 45.1 Å². The van der Waals surface area contributed by atoms with Gasteiger partial charge in [-0.05, 0) is 17.7 Å². The van der Waals surface area contributed by atoms with Gasteiger partial charge in [-0.3, -0.25) is 15.5 Å². The number of rotatable bonds is 4. The quantitative estimate of drug-likeness (QED) is 0.507. The molecule has 0 atom stereocenters. The Balaban J connectivity index is 2.07. The number of nitro groups is 1. The van der Waals surface area contributed by atoms with Crippen molar-refractivity contribution in [1.29, 1.82) is 0 Å². The lowest BCUT2D eigenvalue weighted by Crippen LogP contribution is -1.95. The molecule has 1 heterocycles. The van der Waals surface area contributed by atoms with E-state index in [-0.39, 0.29) is 0 Å². The Morgan fingerprint density at radius 3 is 2.95 bits per heavy atom. The van der Waals surface area contributed by atoms with Crippen LogP contribution in [-0.4, -0.2) is 16.1 Å². The van der Waals surface area contributed by atoms with E-state index in [9.17, 15) is 14.5 Å². The summed E-state index contributed by atoms with van der Waals surface area (Å²) < 4.78 is 13.3. The fraction of sp³-hybridized carbons (Fsp3) is 0. The summed E-state index contributed by atoms with van der Waals surface area (Å²) in [6.07, 6.45) is 1.32. The first-order valence-electron chi connectivity index (χ1n) is 5.00. The molecule has 0 saturated heterocycles. The minimum atomic E-state index is -0.910. The maximum atomic E-state index is 13.3. The number of benzene rings is 1. The maximum absolute atomic E-state index is 13.3. The van der Waals surface area contributed by atoms with Crippen molar-refractivity contribution in [3.8, 4) is 0 Å². The van der Waals surface area contributed by atoms with Crippen LogP contribution in [0.4, 0.5) is 21.0 Å². The van der Waals surface area contributed by atoms with Crippen LogP contribution >= 0.6 is 11.3 Å². The molecule has 0 spiro atoms. The SMILES string of the molecule is Nc1csc(NN=Cc2ccc([N+](=O)[O-])c(F)c2)n1. The van der Waals surface area contributed by atoms with E-state index in [0.29, 0.717) is 16.5 Å². The molecule has 9 heteroatoms. The van der Waals surface area contributed by atoms with Gasteiger partial charge in [0.05, 0.1) is 11.1 Å². The van der Waals surface area contributed by atoms with Crippen molar-refractivity contribution in [1.82, 2.24) is 4.98 Å². The average molecular weight is 281 g/mol. The molecule has 0 amide bonds. The third-order valence-electron chi connectivity index (χ3n) is 2.06. The van der Waals surface area contributed by atoms with Gasteiger partial charge in [0, 0.05) is 11.4 Å². The second-order valence-corrected chi connectivity index (χ2v) is 4.27. The van der Waals surface area contributed by atoms with Crippen LogP contribution < -0.4 is 11.2 Å². The lowest BCUT2D eigenvalue weighted by Gasteiger charge is -1.96. The molecule has 0 aliphatic carbocycles. The Kier molecular flexibility index (Phi) is 3.66. The van der Waals surface area contributed by atoms with Crippen molar-refractivity contribution in [3.63, 3.8) is 0 Å². The molecule has 19 heavy (non-hydrogen) atoms. The predicted molar refractivity (Wildman–Crippen MR) is 70.8 cm³/mol. The monoisotopic (exact) mass is 281 g/mol. The van der Waals surface area contributed by atoms with Crippen molar-refractivity contribution in [2.75, 3.05) is 11.2 Å². The zero-order valence-corrected chi connectivity index (χ0v) is 10.2. The zero-order chi connectivity index (χ0) is 13.8. The normalized spacial score (nSPS) is 10.8. The lowest BCUT2D eigenvalue weighted by atomic mass is 10.2. The highest BCUT2D eigenvalue weighted by Crippen LogP contribution is 2.18. The standard InChI is InChI=1S/C10H8FN5O2S/c11-7-3-6(1-2-8(7)16(17)18)4-13-15-10-14-9(12)5-19-10/h1-5H,12H2,(H,14,15). The fourth-order valence-electron chi connectivity index (χ4n) is 1.25. The van der Waals surface area contributed by atoms with Crippen molar-refractivity contribution < 1.29 is 9.31 Å². The van der Waals surface area contributed by atoms with Crippen LogP contribution in [0.2, 0.25) is 0 Å². The van der Waals surface area contributed by atoms with Gasteiger partial charge in [0.2, 0.25) is 10.9 Å². The number of halogens is 1. The first-order valence-corrected chi connectivity index (χ1v) is 5.88. The van der Waals surface area contributed by atoms with Crippen LogP contribution in [0.3, 0.4) is 0 Å². The molecule has 0 bridgehead atoms. The Bertz CT molecular complexity index is 643. The summed E-state index contributed by atoms with van der Waals surface area (Å²) >= 11 is 1.27. The molecule has 2 aromatic rings. The number of nitrogens with two attached hydrogens (primary N) is 1. The summed E-state index contributed by atoms with van der Waals surface area (Å²) in [5, 5.41) is 16.4. The van der Waals surface area contributed by atoms with Crippen LogP contribution in [0.5, 0.6) is 0 Å². The number of nitrogens with one attached hydrogen (secondary N) is 1. The van der Waals surface area contributed by atoms with Gasteiger partial charge in [-0.2, -0.15) is 9.49 Å². The van der Waals surface area contributed by atoms with Crippen molar-refractivity contribution in [2.45, 2.75) is 0 Å². The smallest absolute Gasteiger partial charge is 0.304 e. The molecule has 2 rings (SSSR count). The molecule has 1 aromatic carbocycles. The highest BCUT2D eigenvalue weighted by atomic mass is 32.1. The second-order valence-electron chi connectivity index (χ2n) is 3.42. The third kappa shape index (κ3) is 3.22. The molecular formula is C10H8FN5O2S.